The summed E-state index contributed by atoms with van der Waals surface area (Å²) in [5, 5.41) is 1.23. The summed E-state index contributed by atoms with van der Waals surface area (Å²) in [4.78, 5) is 12.4. The van der Waals surface area contributed by atoms with Crippen molar-refractivity contribution in [3.05, 3.63) is 52.0 Å². The van der Waals surface area contributed by atoms with Crippen molar-refractivity contribution in [3.8, 4) is 0 Å². The predicted molar refractivity (Wildman–Crippen MR) is 129 cm³/mol. The molecule has 0 bridgehead atoms. The van der Waals surface area contributed by atoms with Crippen molar-refractivity contribution in [2.45, 2.75) is 66.3 Å². The highest BCUT2D eigenvalue weighted by Gasteiger charge is 2.31. The second-order valence-corrected chi connectivity index (χ2v) is 9.91. The van der Waals surface area contributed by atoms with Gasteiger partial charge >= 0.3 is 0 Å². The van der Waals surface area contributed by atoms with Gasteiger partial charge in [-0.2, -0.15) is 0 Å². The summed E-state index contributed by atoms with van der Waals surface area (Å²) in [5.41, 5.74) is 9.64. The van der Waals surface area contributed by atoms with Crippen molar-refractivity contribution in [1.29, 1.82) is 0 Å². The van der Waals surface area contributed by atoms with Crippen LogP contribution in [-0.2, 0) is 6.42 Å². The molecule has 0 amide bonds. The number of hydrogen-bond acceptors (Lipinski definition) is 6. The van der Waals surface area contributed by atoms with Crippen LogP contribution >= 0.6 is 12.1 Å². The van der Waals surface area contributed by atoms with Crippen LogP contribution in [0.5, 0.6) is 0 Å². The van der Waals surface area contributed by atoms with Crippen LogP contribution in [0.1, 0.15) is 55.9 Å². The first-order chi connectivity index (χ1) is 14.9. The fraction of sp³-hybridized carbons (Fsp3) is 0.500. The molecule has 2 aromatic heterocycles. The third kappa shape index (κ3) is 3.48. The van der Waals surface area contributed by atoms with E-state index in [0.717, 1.165) is 36.9 Å². The summed E-state index contributed by atoms with van der Waals surface area (Å²) in [6.45, 7) is 11.9. The Kier molecular flexibility index (Phi) is 5.13. The minimum absolute atomic E-state index is 0.809. The Morgan fingerprint density at radius 1 is 1.16 bits per heavy atom. The van der Waals surface area contributed by atoms with Gasteiger partial charge in [0.25, 0.3) is 0 Å². The zero-order valence-corrected chi connectivity index (χ0v) is 20.2. The van der Waals surface area contributed by atoms with Gasteiger partial charge in [0.15, 0.2) is 0 Å². The van der Waals surface area contributed by atoms with Crippen molar-refractivity contribution in [3.63, 3.8) is 0 Å². The molecule has 2 aliphatic heterocycles. The van der Waals surface area contributed by atoms with Gasteiger partial charge in [0.2, 0.25) is 0 Å². The summed E-state index contributed by atoms with van der Waals surface area (Å²) < 4.78 is 7.93. The molecule has 31 heavy (non-hydrogen) atoms. The Morgan fingerprint density at radius 2 is 1.94 bits per heavy atom. The van der Waals surface area contributed by atoms with Crippen LogP contribution in [0, 0.1) is 20.8 Å². The maximum atomic E-state index is 4.96. The smallest absolute Gasteiger partial charge is 0.149 e. The summed E-state index contributed by atoms with van der Waals surface area (Å²) in [6, 6.07) is 0.809. The highest BCUT2D eigenvalue weighted by molar-refractivity contribution is 7.95. The van der Waals surface area contributed by atoms with Gasteiger partial charge in [-0.3, -0.25) is 8.87 Å². The summed E-state index contributed by atoms with van der Waals surface area (Å²) in [6.07, 6.45) is 9.20. The van der Waals surface area contributed by atoms with E-state index in [1.807, 2.05) is 6.92 Å². The van der Waals surface area contributed by atoms with Gasteiger partial charge in [0, 0.05) is 29.0 Å². The van der Waals surface area contributed by atoms with E-state index >= 15 is 0 Å². The molecule has 3 aliphatic rings. The third-order valence-electron chi connectivity index (χ3n) is 6.78. The number of nitrogens with zero attached hydrogens (tertiary/aromatic N) is 5. The molecule has 0 saturated heterocycles. The number of aryl methyl sites for hydroxylation is 3. The number of aromatic nitrogens is 3. The molecular formula is C24H32N6S. The Hall–Kier alpha value is -2.25. The Morgan fingerprint density at radius 3 is 2.68 bits per heavy atom. The molecule has 164 valence electrons. The number of nitrogens with one attached hydrogen (secondary N) is 1. The lowest BCUT2D eigenvalue weighted by molar-refractivity contribution is 0.319. The fourth-order valence-corrected chi connectivity index (χ4v) is 5.62. The summed E-state index contributed by atoms with van der Waals surface area (Å²) >= 11 is 1.62. The van der Waals surface area contributed by atoms with Gasteiger partial charge in [-0.25, -0.2) is 9.97 Å². The van der Waals surface area contributed by atoms with E-state index in [1.54, 1.807) is 12.1 Å². The zero-order valence-electron chi connectivity index (χ0n) is 19.4. The summed E-state index contributed by atoms with van der Waals surface area (Å²) in [7, 11) is 2.26. The molecule has 1 saturated carbocycles. The predicted octanol–water partition coefficient (Wildman–Crippen LogP) is 4.84. The molecule has 5 rings (SSSR count). The van der Waals surface area contributed by atoms with Gasteiger partial charge in [-0.15, -0.1) is 0 Å². The topological polar surface area (TPSA) is 49.2 Å². The maximum absolute atomic E-state index is 4.96. The number of allylic oxidation sites excluding steroid dienone is 4. The van der Waals surface area contributed by atoms with Crippen LogP contribution in [-0.4, -0.2) is 43.4 Å². The van der Waals surface area contributed by atoms with Crippen molar-refractivity contribution >= 4 is 28.9 Å². The van der Waals surface area contributed by atoms with Crippen LogP contribution in [0.4, 0.5) is 0 Å². The molecule has 4 heterocycles. The number of rotatable bonds is 6. The maximum Gasteiger partial charge on any atom is 0.149 e. The van der Waals surface area contributed by atoms with E-state index in [9.17, 15) is 0 Å². The Balaban J connectivity index is 1.59. The minimum atomic E-state index is 0.809. The minimum Gasteiger partial charge on any atom is -0.316 e. The highest BCUT2D eigenvalue weighted by Crippen LogP contribution is 2.42. The van der Waals surface area contributed by atoms with Crippen LogP contribution in [0.3, 0.4) is 0 Å². The molecular weight excluding hydrogens is 404 g/mol. The molecule has 0 radical (unpaired) electrons. The average molecular weight is 437 g/mol. The lowest BCUT2D eigenvalue weighted by Crippen LogP contribution is -2.22. The van der Waals surface area contributed by atoms with E-state index in [0.29, 0.717) is 0 Å². The van der Waals surface area contributed by atoms with Crippen molar-refractivity contribution in [1.82, 2.24) is 28.5 Å². The van der Waals surface area contributed by atoms with E-state index in [-0.39, 0.29) is 0 Å². The number of fused-ring (bicyclic) bond motifs is 2. The fourth-order valence-electron chi connectivity index (χ4n) is 4.92. The van der Waals surface area contributed by atoms with Gasteiger partial charge in [-0.05, 0) is 91.1 Å². The van der Waals surface area contributed by atoms with E-state index in [2.05, 4.69) is 65.5 Å². The standard InChI is InChI=1S/C24H32N6S/c1-14-12-15(2)30-21(13-25-31-30)23(14)29-17(4)16(3)22-20(26-18(5)27-24(22)29)8-7-11-28(6)19-9-10-19/h12-13,19,25H,7-11H2,1-6H3. The normalized spacial score (nSPS) is 18.6. The van der Waals surface area contributed by atoms with Crippen molar-refractivity contribution in [2.24, 2.45) is 0 Å². The first-order valence-corrected chi connectivity index (χ1v) is 12.0. The molecule has 0 spiro atoms. The molecule has 2 aromatic rings. The van der Waals surface area contributed by atoms with Gasteiger partial charge in [0.05, 0.1) is 29.2 Å². The third-order valence-corrected chi connectivity index (χ3v) is 7.67. The van der Waals surface area contributed by atoms with Crippen LogP contribution < -0.4 is 4.72 Å². The first-order valence-electron chi connectivity index (χ1n) is 11.2. The molecule has 1 aliphatic carbocycles. The zero-order chi connectivity index (χ0) is 21.9. The molecule has 1 fully saturated rings. The lowest BCUT2D eigenvalue weighted by atomic mass is 10.1. The van der Waals surface area contributed by atoms with Crippen molar-refractivity contribution in [2.75, 3.05) is 13.6 Å². The van der Waals surface area contributed by atoms with Crippen molar-refractivity contribution < 1.29 is 0 Å². The van der Waals surface area contributed by atoms with Gasteiger partial charge < -0.3 is 9.62 Å². The van der Waals surface area contributed by atoms with Gasteiger partial charge in [0.1, 0.15) is 11.5 Å². The molecule has 1 N–H and O–H groups in total. The van der Waals surface area contributed by atoms with Crippen LogP contribution in [0.2, 0.25) is 0 Å². The molecule has 6 nitrogen and oxygen atoms in total. The van der Waals surface area contributed by atoms with Crippen LogP contribution in [0.25, 0.3) is 16.7 Å². The number of hydrogen-bond donors (Lipinski definition) is 1. The molecule has 0 aromatic carbocycles. The lowest BCUT2D eigenvalue weighted by Gasteiger charge is -2.28. The van der Waals surface area contributed by atoms with E-state index < -0.39 is 0 Å². The first kappa shape index (κ1) is 20.6. The quantitative estimate of drug-likeness (QED) is 0.654. The average Bonchev–Trinajstić information content (AvgIpc) is 3.41. The molecule has 7 heteroatoms. The van der Waals surface area contributed by atoms with Crippen LogP contribution in [0.15, 0.2) is 29.2 Å². The SMILES string of the molecule is CC1=CC(C)=C(n2c(C)c(C)c3c(CCCN(C)C4CC4)nc(C)nc32)C2=CNSN12. The van der Waals surface area contributed by atoms with E-state index in [1.165, 1.54) is 57.8 Å². The highest BCUT2D eigenvalue weighted by atomic mass is 32.2. The largest absolute Gasteiger partial charge is 0.316 e. The van der Waals surface area contributed by atoms with Gasteiger partial charge in [-0.1, -0.05) is 0 Å². The molecule has 0 atom stereocenters. The second kappa shape index (κ2) is 7.71. The Labute approximate surface area is 189 Å². The monoisotopic (exact) mass is 436 g/mol. The Bertz CT molecular complexity index is 1150. The second-order valence-electron chi connectivity index (χ2n) is 9.13. The summed E-state index contributed by atoms with van der Waals surface area (Å²) in [5.74, 6) is 0.849. The van der Waals surface area contributed by atoms with E-state index in [4.69, 9.17) is 9.97 Å². The molecule has 0 unspecified atom stereocenters.